The minimum Gasteiger partial charge on any atom is -0.321 e. The van der Waals surface area contributed by atoms with Crippen molar-refractivity contribution < 1.29 is 0 Å². The number of aryl methyl sites for hydroxylation is 1. The van der Waals surface area contributed by atoms with Gasteiger partial charge in [0.25, 0.3) is 0 Å². The molecule has 1 aliphatic rings. The number of pyridine rings is 1. The first-order chi connectivity index (χ1) is 5.21. The highest BCUT2D eigenvalue weighted by Crippen LogP contribution is 2.42. The van der Waals surface area contributed by atoms with Crippen LogP contribution in [-0.2, 0) is 5.54 Å². The van der Waals surface area contributed by atoms with Crippen LogP contribution in [0.3, 0.4) is 0 Å². The molecule has 1 aromatic heterocycles. The molecule has 0 radical (unpaired) electrons. The summed E-state index contributed by atoms with van der Waals surface area (Å²) in [6.07, 6.45) is 5.95. The van der Waals surface area contributed by atoms with Crippen LogP contribution in [0.1, 0.15) is 24.0 Å². The molecule has 0 saturated heterocycles. The van der Waals surface area contributed by atoms with Gasteiger partial charge >= 0.3 is 0 Å². The Balaban J connectivity index is 2.38. The standard InChI is InChI=1S/C9H12N2/c1-7-4-8(6-11-5-7)9(10)2-3-9/h4-6H,2-3,10H2,1H3. The molecule has 1 aliphatic carbocycles. The average Bonchev–Trinajstić information content (AvgIpc) is 2.70. The van der Waals surface area contributed by atoms with Crippen molar-refractivity contribution in [1.82, 2.24) is 4.98 Å². The molecule has 1 aromatic rings. The topological polar surface area (TPSA) is 38.9 Å². The molecule has 0 aliphatic heterocycles. The van der Waals surface area contributed by atoms with Crippen LogP contribution in [0.2, 0.25) is 0 Å². The lowest BCUT2D eigenvalue weighted by Gasteiger charge is -2.07. The molecule has 0 bridgehead atoms. The second kappa shape index (κ2) is 2.05. The smallest absolute Gasteiger partial charge is 0.0426 e. The zero-order chi connectivity index (χ0) is 7.90. The molecule has 58 valence electrons. The predicted octanol–water partition coefficient (Wildman–Crippen LogP) is 1.34. The molecule has 0 unspecified atom stereocenters. The van der Waals surface area contributed by atoms with E-state index in [2.05, 4.69) is 11.1 Å². The lowest BCUT2D eigenvalue weighted by atomic mass is 10.1. The Labute approximate surface area is 66.4 Å². The molecular weight excluding hydrogens is 136 g/mol. The molecule has 1 heterocycles. The Bertz CT molecular complexity index is 277. The van der Waals surface area contributed by atoms with Gasteiger partial charge in [-0.3, -0.25) is 4.98 Å². The summed E-state index contributed by atoms with van der Waals surface area (Å²) >= 11 is 0. The molecule has 0 atom stereocenters. The van der Waals surface area contributed by atoms with E-state index in [0.717, 1.165) is 12.8 Å². The maximum Gasteiger partial charge on any atom is 0.0426 e. The lowest BCUT2D eigenvalue weighted by molar-refractivity contribution is 0.733. The van der Waals surface area contributed by atoms with Crippen molar-refractivity contribution in [2.45, 2.75) is 25.3 Å². The Morgan fingerprint density at radius 3 is 2.73 bits per heavy atom. The largest absolute Gasteiger partial charge is 0.321 e. The summed E-state index contributed by atoms with van der Waals surface area (Å²) in [6.45, 7) is 2.04. The molecule has 0 spiro atoms. The normalized spacial score (nSPS) is 19.8. The fourth-order valence-corrected chi connectivity index (χ4v) is 1.25. The van der Waals surface area contributed by atoms with E-state index in [1.54, 1.807) is 0 Å². The van der Waals surface area contributed by atoms with Crippen molar-refractivity contribution in [2.75, 3.05) is 0 Å². The van der Waals surface area contributed by atoms with Crippen molar-refractivity contribution in [2.24, 2.45) is 5.73 Å². The van der Waals surface area contributed by atoms with E-state index in [1.807, 2.05) is 19.3 Å². The summed E-state index contributed by atoms with van der Waals surface area (Å²) < 4.78 is 0. The van der Waals surface area contributed by atoms with Gasteiger partial charge in [-0.2, -0.15) is 0 Å². The van der Waals surface area contributed by atoms with Crippen molar-refractivity contribution in [1.29, 1.82) is 0 Å². The third-order valence-corrected chi connectivity index (χ3v) is 2.24. The minimum atomic E-state index is -0.0287. The molecule has 1 saturated carbocycles. The molecule has 2 rings (SSSR count). The van der Waals surface area contributed by atoms with Crippen LogP contribution in [0.4, 0.5) is 0 Å². The molecule has 0 amide bonds. The second-order valence-electron chi connectivity index (χ2n) is 3.41. The van der Waals surface area contributed by atoms with E-state index in [0.29, 0.717) is 0 Å². The molecule has 0 aromatic carbocycles. The molecule has 11 heavy (non-hydrogen) atoms. The highest BCUT2D eigenvalue weighted by molar-refractivity contribution is 5.29. The van der Waals surface area contributed by atoms with Crippen molar-refractivity contribution >= 4 is 0 Å². The molecule has 1 fully saturated rings. The predicted molar refractivity (Wildman–Crippen MR) is 44.1 cm³/mol. The van der Waals surface area contributed by atoms with Crippen LogP contribution in [0.15, 0.2) is 18.5 Å². The number of rotatable bonds is 1. The first kappa shape index (κ1) is 6.80. The van der Waals surface area contributed by atoms with Gasteiger partial charge < -0.3 is 5.73 Å². The van der Waals surface area contributed by atoms with E-state index in [-0.39, 0.29) is 5.54 Å². The van der Waals surface area contributed by atoms with Crippen LogP contribution < -0.4 is 5.73 Å². The van der Waals surface area contributed by atoms with E-state index in [9.17, 15) is 0 Å². The first-order valence-electron chi connectivity index (χ1n) is 3.92. The molecule has 2 heteroatoms. The zero-order valence-corrected chi connectivity index (χ0v) is 6.67. The van der Waals surface area contributed by atoms with Crippen LogP contribution in [0, 0.1) is 6.92 Å². The van der Waals surface area contributed by atoms with Gasteiger partial charge in [0.05, 0.1) is 0 Å². The fraction of sp³-hybridized carbons (Fsp3) is 0.444. The number of aromatic nitrogens is 1. The molecule has 2 N–H and O–H groups in total. The third kappa shape index (κ3) is 1.14. The average molecular weight is 148 g/mol. The van der Waals surface area contributed by atoms with Gasteiger partial charge in [-0.05, 0) is 30.9 Å². The van der Waals surface area contributed by atoms with E-state index in [1.165, 1.54) is 11.1 Å². The zero-order valence-electron chi connectivity index (χ0n) is 6.67. The minimum absolute atomic E-state index is 0.0287. The first-order valence-corrected chi connectivity index (χ1v) is 3.92. The monoisotopic (exact) mass is 148 g/mol. The summed E-state index contributed by atoms with van der Waals surface area (Å²) in [4.78, 5) is 4.11. The molecular formula is C9H12N2. The molecule has 2 nitrogen and oxygen atoms in total. The lowest BCUT2D eigenvalue weighted by Crippen LogP contribution is -2.18. The van der Waals surface area contributed by atoms with Gasteiger partial charge in [0.2, 0.25) is 0 Å². The second-order valence-corrected chi connectivity index (χ2v) is 3.41. The Morgan fingerprint density at radius 1 is 1.45 bits per heavy atom. The number of nitrogens with zero attached hydrogens (tertiary/aromatic N) is 1. The van der Waals surface area contributed by atoms with Crippen molar-refractivity contribution in [3.8, 4) is 0 Å². The van der Waals surface area contributed by atoms with Gasteiger partial charge in [-0.25, -0.2) is 0 Å². The Hall–Kier alpha value is -0.890. The van der Waals surface area contributed by atoms with Crippen LogP contribution in [-0.4, -0.2) is 4.98 Å². The summed E-state index contributed by atoms with van der Waals surface area (Å²) in [6, 6.07) is 2.12. The van der Waals surface area contributed by atoms with Crippen molar-refractivity contribution in [3.63, 3.8) is 0 Å². The van der Waals surface area contributed by atoms with Crippen LogP contribution in [0.25, 0.3) is 0 Å². The highest BCUT2D eigenvalue weighted by atomic mass is 14.8. The van der Waals surface area contributed by atoms with Gasteiger partial charge in [-0.1, -0.05) is 6.07 Å². The Morgan fingerprint density at radius 2 is 2.18 bits per heavy atom. The van der Waals surface area contributed by atoms with E-state index in [4.69, 9.17) is 5.73 Å². The third-order valence-electron chi connectivity index (χ3n) is 2.24. The highest BCUT2D eigenvalue weighted by Gasteiger charge is 2.40. The van der Waals surface area contributed by atoms with Gasteiger partial charge in [-0.15, -0.1) is 0 Å². The number of hydrogen-bond acceptors (Lipinski definition) is 2. The summed E-state index contributed by atoms with van der Waals surface area (Å²) in [7, 11) is 0. The Kier molecular flexibility index (Phi) is 1.26. The van der Waals surface area contributed by atoms with Crippen molar-refractivity contribution in [3.05, 3.63) is 29.6 Å². The summed E-state index contributed by atoms with van der Waals surface area (Å²) in [5, 5.41) is 0. The number of nitrogens with two attached hydrogens (primary N) is 1. The van der Waals surface area contributed by atoms with Gasteiger partial charge in [0.15, 0.2) is 0 Å². The quantitative estimate of drug-likeness (QED) is 0.652. The fourth-order valence-electron chi connectivity index (χ4n) is 1.25. The van der Waals surface area contributed by atoms with Gasteiger partial charge in [0.1, 0.15) is 0 Å². The van der Waals surface area contributed by atoms with Crippen LogP contribution >= 0.6 is 0 Å². The summed E-state index contributed by atoms with van der Waals surface area (Å²) in [5.74, 6) is 0. The van der Waals surface area contributed by atoms with E-state index < -0.39 is 0 Å². The van der Waals surface area contributed by atoms with Crippen LogP contribution in [0.5, 0.6) is 0 Å². The number of hydrogen-bond donors (Lipinski definition) is 1. The van der Waals surface area contributed by atoms with Gasteiger partial charge in [0, 0.05) is 17.9 Å². The SMILES string of the molecule is Cc1cncc(C2(N)CC2)c1. The summed E-state index contributed by atoms with van der Waals surface area (Å²) in [5.41, 5.74) is 8.35. The maximum atomic E-state index is 6.00. The maximum absolute atomic E-state index is 6.00. The van der Waals surface area contributed by atoms with E-state index >= 15 is 0 Å².